The van der Waals surface area contributed by atoms with Crippen LogP contribution in [0.2, 0.25) is 0 Å². The molecule has 3 N–H and O–H groups in total. The van der Waals surface area contributed by atoms with Crippen molar-refractivity contribution in [2.24, 2.45) is 5.73 Å². The Balaban J connectivity index is 0.000000357. The molecule has 0 heterocycles. The largest absolute Gasteiger partial charge is 0.328 e. The molecule has 0 unspecified atom stereocenters. The minimum atomic E-state index is -1.50. The number of rotatable bonds is 2. The van der Waals surface area contributed by atoms with Crippen LogP contribution in [0, 0.1) is 10.1 Å². The van der Waals surface area contributed by atoms with Gasteiger partial charge in [0.1, 0.15) is 0 Å². The van der Waals surface area contributed by atoms with Crippen molar-refractivity contribution in [1.82, 2.24) is 0 Å². The molecule has 0 aliphatic rings. The highest BCUT2D eigenvalue weighted by Crippen LogP contribution is 2.18. The predicted molar refractivity (Wildman–Crippen MR) is 67.7 cm³/mol. The zero-order chi connectivity index (χ0) is 13.4. The van der Waals surface area contributed by atoms with Crippen LogP contribution in [0.1, 0.15) is 17.2 Å². The SMILES string of the molecule is NC(c1ccccc1)c1ccccc1.O=[N+]([O-])O. The summed E-state index contributed by atoms with van der Waals surface area (Å²) in [5, 5.41) is 13.6. The molecule has 0 amide bonds. The molecule has 0 spiro atoms. The van der Waals surface area contributed by atoms with E-state index in [4.69, 9.17) is 21.1 Å². The average Bonchev–Trinajstić information content (AvgIpc) is 2.39. The van der Waals surface area contributed by atoms with Crippen molar-refractivity contribution >= 4 is 0 Å². The summed E-state index contributed by atoms with van der Waals surface area (Å²) in [7, 11) is 0. The lowest BCUT2D eigenvalue weighted by molar-refractivity contribution is -0.742. The van der Waals surface area contributed by atoms with Crippen molar-refractivity contribution in [3.8, 4) is 0 Å². The fourth-order valence-electron chi connectivity index (χ4n) is 1.51. The zero-order valence-corrected chi connectivity index (χ0v) is 9.64. The van der Waals surface area contributed by atoms with Crippen LogP contribution < -0.4 is 5.73 Å². The number of hydrogen-bond acceptors (Lipinski definition) is 3. The summed E-state index contributed by atoms with van der Waals surface area (Å²) in [5.74, 6) is 0. The van der Waals surface area contributed by atoms with Gasteiger partial charge in [-0.15, -0.1) is 10.1 Å². The quantitative estimate of drug-likeness (QED) is 0.628. The van der Waals surface area contributed by atoms with Crippen LogP contribution in [-0.2, 0) is 0 Å². The van der Waals surface area contributed by atoms with Crippen LogP contribution in [0.5, 0.6) is 0 Å². The maximum absolute atomic E-state index is 8.36. The predicted octanol–water partition coefficient (Wildman–Crippen LogP) is 2.39. The van der Waals surface area contributed by atoms with Gasteiger partial charge in [0.25, 0.3) is 5.09 Å². The molecular weight excluding hydrogens is 232 g/mol. The van der Waals surface area contributed by atoms with Crippen LogP contribution in [0.25, 0.3) is 0 Å². The highest BCUT2D eigenvalue weighted by Gasteiger charge is 2.06. The van der Waals surface area contributed by atoms with Crippen molar-refractivity contribution in [2.45, 2.75) is 6.04 Å². The molecule has 94 valence electrons. The minimum absolute atomic E-state index is 0.0163. The smallest absolute Gasteiger partial charge is 0.291 e. The molecular formula is C13H14N2O3. The normalized spacial score (nSPS) is 9.44. The fourth-order valence-corrected chi connectivity index (χ4v) is 1.51. The number of nitrogens with two attached hydrogens (primary N) is 1. The first-order chi connectivity index (χ1) is 8.61. The Morgan fingerprint density at radius 1 is 0.944 bits per heavy atom. The van der Waals surface area contributed by atoms with Crippen LogP contribution >= 0.6 is 0 Å². The van der Waals surface area contributed by atoms with Crippen molar-refractivity contribution in [2.75, 3.05) is 0 Å². The van der Waals surface area contributed by atoms with Crippen LogP contribution in [0.3, 0.4) is 0 Å². The lowest BCUT2D eigenvalue weighted by Crippen LogP contribution is -2.11. The Labute approximate surface area is 105 Å². The van der Waals surface area contributed by atoms with Crippen molar-refractivity contribution < 1.29 is 10.3 Å². The Bertz CT molecular complexity index is 431. The Morgan fingerprint density at radius 2 is 1.22 bits per heavy atom. The molecule has 5 nitrogen and oxygen atoms in total. The summed E-state index contributed by atoms with van der Waals surface area (Å²) in [4.78, 5) is 8.36. The topological polar surface area (TPSA) is 89.4 Å². The van der Waals surface area contributed by atoms with Gasteiger partial charge in [0.05, 0.1) is 6.04 Å². The average molecular weight is 246 g/mol. The maximum Gasteiger partial charge on any atom is 0.291 e. The summed E-state index contributed by atoms with van der Waals surface area (Å²) in [6.45, 7) is 0. The molecule has 5 heteroatoms. The third-order valence-electron chi connectivity index (χ3n) is 2.32. The van der Waals surface area contributed by atoms with Gasteiger partial charge in [-0.1, -0.05) is 60.7 Å². The summed E-state index contributed by atoms with van der Waals surface area (Å²) in [6.07, 6.45) is 0. The summed E-state index contributed by atoms with van der Waals surface area (Å²) < 4.78 is 0. The second kappa shape index (κ2) is 7.03. The fraction of sp³-hybridized carbons (Fsp3) is 0.0769. The van der Waals surface area contributed by atoms with Gasteiger partial charge in [0.2, 0.25) is 0 Å². The molecule has 0 fully saturated rings. The third-order valence-corrected chi connectivity index (χ3v) is 2.32. The Morgan fingerprint density at radius 3 is 1.50 bits per heavy atom. The maximum atomic E-state index is 8.36. The monoisotopic (exact) mass is 246 g/mol. The molecule has 0 aliphatic heterocycles. The van der Waals surface area contributed by atoms with E-state index < -0.39 is 5.09 Å². The van der Waals surface area contributed by atoms with Gasteiger partial charge >= 0.3 is 0 Å². The number of nitrogens with zero attached hydrogens (tertiary/aromatic N) is 1. The van der Waals surface area contributed by atoms with Gasteiger partial charge in [-0.25, -0.2) is 0 Å². The molecule has 0 bridgehead atoms. The van der Waals surface area contributed by atoms with E-state index in [-0.39, 0.29) is 6.04 Å². The molecule has 0 aliphatic carbocycles. The lowest BCUT2D eigenvalue weighted by atomic mass is 10.00. The second-order valence-electron chi connectivity index (χ2n) is 3.54. The molecule has 0 radical (unpaired) electrons. The Kier molecular flexibility index (Phi) is 5.34. The molecule has 2 aromatic carbocycles. The molecule has 0 aromatic heterocycles. The van der Waals surface area contributed by atoms with E-state index in [1.54, 1.807) is 0 Å². The minimum Gasteiger partial charge on any atom is -0.328 e. The molecule has 0 atom stereocenters. The molecule has 2 aromatic rings. The summed E-state index contributed by atoms with van der Waals surface area (Å²) in [6, 6.07) is 20.2. The van der Waals surface area contributed by atoms with E-state index in [1.807, 2.05) is 36.4 Å². The van der Waals surface area contributed by atoms with Gasteiger partial charge in [-0.2, -0.15) is 0 Å². The molecule has 18 heavy (non-hydrogen) atoms. The number of hydrogen-bond donors (Lipinski definition) is 2. The van der Waals surface area contributed by atoms with Crippen LogP contribution in [-0.4, -0.2) is 10.3 Å². The third kappa shape index (κ3) is 4.63. The van der Waals surface area contributed by atoms with Crippen LogP contribution in [0.15, 0.2) is 60.7 Å². The van der Waals surface area contributed by atoms with Gasteiger partial charge < -0.3 is 10.9 Å². The molecule has 2 rings (SSSR count). The van der Waals surface area contributed by atoms with Crippen molar-refractivity contribution in [3.63, 3.8) is 0 Å². The van der Waals surface area contributed by atoms with Crippen LogP contribution in [0.4, 0.5) is 0 Å². The summed E-state index contributed by atoms with van der Waals surface area (Å²) in [5.41, 5.74) is 8.42. The molecule has 0 saturated carbocycles. The van der Waals surface area contributed by atoms with E-state index >= 15 is 0 Å². The van der Waals surface area contributed by atoms with E-state index in [2.05, 4.69) is 24.3 Å². The standard InChI is InChI=1S/C13H13N.HNO3/c14-13(11-7-3-1-4-8-11)12-9-5-2-6-10-12;2-1(3)4/h1-10,13H,14H2;(H,2,3,4). The lowest BCUT2D eigenvalue weighted by Gasteiger charge is -2.11. The Hall–Kier alpha value is -2.40. The second-order valence-corrected chi connectivity index (χ2v) is 3.54. The molecule has 0 saturated heterocycles. The van der Waals surface area contributed by atoms with Crippen molar-refractivity contribution in [1.29, 1.82) is 0 Å². The van der Waals surface area contributed by atoms with E-state index in [9.17, 15) is 0 Å². The highest BCUT2D eigenvalue weighted by molar-refractivity contribution is 5.30. The first-order valence-electron chi connectivity index (χ1n) is 5.30. The summed E-state index contributed by atoms with van der Waals surface area (Å²) >= 11 is 0. The van der Waals surface area contributed by atoms with E-state index in [0.717, 1.165) is 11.1 Å². The van der Waals surface area contributed by atoms with E-state index in [1.165, 1.54) is 0 Å². The van der Waals surface area contributed by atoms with E-state index in [0.29, 0.717) is 0 Å². The first kappa shape index (κ1) is 13.7. The van der Waals surface area contributed by atoms with Gasteiger partial charge in [-0.3, -0.25) is 0 Å². The highest BCUT2D eigenvalue weighted by atomic mass is 16.9. The van der Waals surface area contributed by atoms with Gasteiger partial charge in [-0.05, 0) is 11.1 Å². The number of benzene rings is 2. The van der Waals surface area contributed by atoms with Gasteiger partial charge in [0.15, 0.2) is 0 Å². The zero-order valence-electron chi connectivity index (χ0n) is 9.64. The van der Waals surface area contributed by atoms with Gasteiger partial charge in [0, 0.05) is 0 Å². The van der Waals surface area contributed by atoms with Crippen molar-refractivity contribution in [3.05, 3.63) is 81.9 Å². The first-order valence-corrected chi connectivity index (χ1v) is 5.30.